The summed E-state index contributed by atoms with van der Waals surface area (Å²) in [5.74, 6) is -5.60. The third-order valence-corrected chi connectivity index (χ3v) is 3.81. The minimum Gasteiger partial charge on any atom is -0.481 e. The molecule has 0 atom stereocenters. The minimum absolute atomic E-state index is 0.233. The normalized spacial score (nSPS) is 17.6. The van der Waals surface area contributed by atoms with E-state index in [9.17, 15) is 18.0 Å². The second kappa shape index (κ2) is 4.01. The van der Waals surface area contributed by atoms with Crippen LogP contribution < -0.4 is 0 Å². The van der Waals surface area contributed by atoms with Crippen LogP contribution in [0.4, 0.5) is 13.2 Å². The lowest BCUT2D eigenvalue weighted by atomic mass is 9.64. The highest BCUT2D eigenvalue weighted by Gasteiger charge is 2.48. The first-order valence-electron chi connectivity index (χ1n) is 4.97. The molecule has 0 radical (unpaired) electrons. The highest BCUT2D eigenvalue weighted by atomic mass is 79.9. The Labute approximate surface area is 104 Å². The maximum absolute atomic E-state index is 13.6. The maximum atomic E-state index is 13.6. The number of rotatable bonds is 2. The number of carboxylic acids is 1. The number of carboxylic acid groups (broad SMARTS) is 1. The van der Waals surface area contributed by atoms with Crippen LogP contribution >= 0.6 is 15.9 Å². The molecular weight excluding hydrogens is 301 g/mol. The van der Waals surface area contributed by atoms with Crippen LogP contribution in [0.5, 0.6) is 0 Å². The number of hydrogen-bond acceptors (Lipinski definition) is 1. The van der Waals surface area contributed by atoms with Gasteiger partial charge in [-0.1, -0.05) is 6.42 Å². The Bertz CT molecular complexity index is 498. The summed E-state index contributed by atoms with van der Waals surface area (Å²) in [7, 11) is 0. The van der Waals surface area contributed by atoms with Crippen LogP contribution in [0.1, 0.15) is 24.8 Å². The van der Waals surface area contributed by atoms with E-state index in [0.29, 0.717) is 6.42 Å². The first-order valence-corrected chi connectivity index (χ1v) is 5.76. The lowest BCUT2D eigenvalue weighted by molar-refractivity contribution is -0.147. The fourth-order valence-corrected chi connectivity index (χ4v) is 2.45. The van der Waals surface area contributed by atoms with E-state index in [1.54, 1.807) is 0 Å². The SMILES string of the molecule is O=C(O)C1(c2cc(Br)c(F)c(F)c2F)CCC1. The van der Waals surface area contributed by atoms with Crippen molar-refractivity contribution in [2.24, 2.45) is 0 Å². The molecule has 1 saturated carbocycles. The lowest BCUT2D eigenvalue weighted by Crippen LogP contribution is -2.43. The van der Waals surface area contributed by atoms with Gasteiger partial charge in [0.15, 0.2) is 17.5 Å². The highest BCUT2D eigenvalue weighted by Crippen LogP contribution is 2.46. The van der Waals surface area contributed by atoms with Crippen molar-refractivity contribution in [1.29, 1.82) is 0 Å². The molecule has 0 aromatic heterocycles. The van der Waals surface area contributed by atoms with Gasteiger partial charge in [-0.05, 0) is 34.8 Å². The Morgan fingerprint density at radius 1 is 1.24 bits per heavy atom. The van der Waals surface area contributed by atoms with E-state index in [2.05, 4.69) is 15.9 Å². The number of aliphatic carboxylic acids is 1. The summed E-state index contributed by atoms with van der Waals surface area (Å²) in [5.41, 5.74) is -1.71. The van der Waals surface area contributed by atoms with Crippen molar-refractivity contribution in [3.05, 3.63) is 33.6 Å². The summed E-state index contributed by atoms with van der Waals surface area (Å²) >= 11 is 2.75. The summed E-state index contributed by atoms with van der Waals surface area (Å²) in [6, 6.07) is 1.01. The molecule has 2 rings (SSSR count). The molecule has 0 unspecified atom stereocenters. The van der Waals surface area contributed by atoms with E-state index in [1.165, 1.54) is 0 Å². The van der Waals surface area contributed by atoms with Gasteiger partial charge in [0, 0.05) is 5.56 Å². The van der Waals surface area contributed by atoms with Crippen molar-refractivity contribution in [3.8, 4) is 0 Å². The number of hydrogen-bond donors (Lipinski definition) is 1. The Balaban J connectivity index is 2.64. The van der Waals surface area contributed by atoms with Crippen LogP contribution in [-0.2, 0) is 10.2 Å². The van der Waals surface area contributed by atoms with Gasteiger partial charge in [-0.2, -0.15) is 0 Å². The van der Waals surface area contributed by atoms with Crippen LogP contribution in [0.3, 0.4) is 0 Å². The third kappa shape index (κ3) is 1.66. The smallest absolute Gasteiger partial charge is 0.314 e. The van der Waals surface area contributed by atoms with Gasteiger partial charge in [0.2, 0.25) is 0 Å². The largest absolute Gasteiger partial charge is 0.481 e. The Hall–Kier alpha value is -1.04. The molecule has 0 spiro atoms. The monoisotopic (exact) mass is 308 g/mol. The molecule has 1 aromatic rings. The summed E-state index contributed by atoms with van der Waals surface area (Å²) in [6.45, 7) is 0. The molecule has 1 fully saturated rings. The predicted molar refractivity (Wildman–Crippen MR) is 57.2 cm³/mol. The summed E-state index contributed by atoms with van der Waals surface area (Å²) in [5, 5.41) is 9.11. The summed E-state index contributed by atoms with van der Waals surface area (Å²) in [4.78, 5) is 11.2. The molecule has 1 aliphatic carbocycles. The molecule has 0 amide bonds. The fourth-order valence-electron chi connectivity index (χ4n) is 2.05. The van der Waals surface area contributed by atoms with Gasteiger partial charge in [0.05, 0.1) is 9.89 Å². The number of benzene rings is 1. The highest BCUT2D eigenvalue weighted by molar-refractivity contribution is 9.10. The van der Waals surface area contributed by atoms with E-state index in [-0.39, 0.29) is 22.9 Å². The quantitative estimate of drug-likeness (QED) is 0.672. The van der Waals surface area contributed by atoms with Gasteiger partial charge < -0.3 is 5.11 Å². The zero-order valence-corrected chi connectivity index (χ0v) is 10.2. The number of carbonyl (C=O) groups is 1. The standard InChI is InChI=1S/C11H8BrF3O2/c12-6-4-5(7(13)9(15)8(6)14)11(10(16)17)2-1-3-11/h4H,1-3H2,(H,16,17). The Morgan fingerprint density at radius 3 is 2.24 bits per heavy atom. The molecule has 92 valence electrons. The van der Waals surface area contributed by atoms with Crippen LogP contribution in [0.25, 0.3) is 0 Å². The molecule has 2 nitrogen and oxygen atoms in total. The first kappa shape index (κ1) is 12.4. The van der Waals surface area contributed by atoms with Crippen molar-refractivity contribution < 1.29 is 23.1 Å². The molecule has 0 saturated heterocycles. The second-order valence-electron chi connectivity index (χ2n) is 4.09. The molecule has 1 N–H and O–H groups in total. The summed E-state index contributed by atoms with van der Waals surface area (Å²) in [6.07, 6.45) is 1.09. The average Bonchev–Trinajstić information content (AvgIpc) is 2.20. The van der Waals surface area contributed by atoms with E-state index in [0.717, 1.165) is 6.07 Å². The van der Waals surface area contributed by atoms with Crippen molar-refractivity contribution in [3.63, 3.8) is 0 Å². The lowest BCUT2D eigenvalue weighted by Gasteiger charge is -2.38. The second-order valence-corrected chi connectivity index (χ2v) is 4.94. The number of halogens is 4. The van der Waals surface area contributed by atoms with E-state index < -0.39 is 28.8 Å². The van der Waals surface area contributed by atoms with Crippen LogP contribution in [0, 0.1) is 17.5 Å². The van der Waals surface area contributed by atoms with Gasteiger partial charge in [-0.3, -0.25) is 4.79 Å². The van der Waals surface area contributed by atoms with Crippen molar-refractivity contribution >= 4 is 21.9 Å². The molecule has 0 aliphatic heterocycles. The van der Waals surface area contributed by atoms with Crippen LogP contribution in [0.15, 0.2) is 10.5 Å². The average molecular weight is 309 g/mol. The molecule has 17 heavy (non-hydrogen) atoms. The zero-order chi connectivity index (χ0) is 12.8. The molecule has 0 bridgehead atoms. The minimum atomic E-state index is -1.64. The van der Waals surface area contributed by atoms with Gasteiger partial charge in [-0.15, -0.1) is 0 Å². The third-order valence-electron chi connectivity index (χ3n) is 3.23. The molecular formula is C11H8BrF3O2. The molecule has 1 aliphatic rings. The van der Waals surface area contributed by atoms with Crippen molar-refractivity contribution in [2.75, 3.05) is 0 Å². The zero-order valence-electron chi connectivity index (χ0n) is 8.57. The van der Waals surface area contributed by atoms with E-state index in [4.69, 9.17) is 5.11 Å². The van der Waals surface area contributed by atoms with Gasteiger partial charge in [0.25, 0.3) is 0 Å². The Kier molecular flexibility index (Phi) is 2.93. The van der Waals surface area contributed by atoms with Gasteiger partial charge >= 0.3 is 5.97 Å². The molecule has 6 heteroatoms. The molecule has 0 heterocycles. The van der Waals surface area contributed by atoms with E-state index in [1.807, 2.05) is 0 Å². The predicted octanol–water partition coefficient (Wildman–Crippen LogP) is 3.37. The van der Waals surface area contributed by atoms with Crippen molar-refractivity contribution in [1.82, 2.24) is 0 Å². The van der Waals surface area contributed by atoms with E-state index >= 15 is 0 Å². The van der Waals surface area contributed by atoms with Gasteiger partial charge in [0.1, 0.15) is 0 Å². The van der Waals surface area contributed by atoms with Gasteiger partial charge in [-0.25, -0.2) is 13.2 Å². The fraction of sp³-hybridized carbons (Fsp3) is 0.364. The topological polar surface area (TPSA) is 37.3 Å². The van der Waals surface area contributed by atoms with Crippen molar-refractivity contribution in [2.45, 2.75) is 24.7 Å². The maximum Gasteiger partial charge on any atom is 0.314 e. The molecule has 1 aromatic carbocycles. The van der Waals surface area contributed by atoms with Crippen LogP contribution in [-0.4, -0.2) is 11.1 Å². The first-order chi connectivity index (χ1) is 7.90. The Morgan fingerprint density at radius 2 is 1.82 bits per heavy atom. The summed E-state index contributed by atoms with van der Waals surface area (Å²) < 4.78 is 39.7. The van der Waals surface area contributed by atoms with Crippen LogP contribution in [0.2, 0.25) is 0 Å².